The first-order valence-corrected chi connectivity index (χ1v) is 7.13. The first-order chi connectivity index (χ1) is 9.78. The highest BCUT2D eigenvalue weighted by Crippen LogP contribution is 2.29. The summed E-state index contributed by atoms with van der Waals surface area (Å²) in [6.07, 6.45) is 0. The van der Waals surface area contributed by atoms with Crippen LogP contribution in [0.15, 0.2) is 59.0 Å². The highest BCUT2D eigenvalue weighted by molar-refractivity contribution is 6.30. The van der Waals surface area contributed by atoms with Gasteiger partial charge in [0.15, 0.2) is 0 Å². The van der Waals surface area contributed by atoms with E-state index in [1.54, 1.807) is 0 Å². The van der Waals surface area contributed by atoms with Gasteiger partial charge in [0.25, 0.3) is 0 Å². The molecule has 1 heterocycles. The van der Waals surface area contributed by atoms with Gasteiger partial charge in [0.05, 0.1) is 6.04 Å². The Bertz CT molecular complexity index is 687. The minimum absolute atomic E-state index is 0.0195. The van der Waals surface area contributed by atoms with Gasteiger partial charge in [-0.3, -0.25) is 0 Å². The zero-order chi connectivity index (χ0) is 13.9. The number of rotatable bonds is 4. The Balaban J connectivity index is 2.05. The summed E-state index contributed by atoms with van der Waals surface area (Å²) in [7, 11) is 0. The van der Waals surface area contributed by atoms with Crippen molar-refractivity contribution < 1.29 is 4.42 Å². The highest BCUT2D eigenvalue weighted by Gasteiger charge is 2.17. The molecule has 102 valence electrons. The smallest absolute Gasteiger partial charge is 0.134 e. The maximum absolute atomic E-state index is 6.10. The molecule has 0 amide bonds. The summed E-state index contributed by atoms with van der Waals surface area (Å²) in [5.74, 6) is 0.912. The first-order valence-electron chi connectivity index (χ1n) is 6.75. The molecule has 0 aliphatic carbocycles. The summed E-state index contributed by atoms with van der Waals surface area (Å²) in [4.78, 5) is 0. The topological polar surface area (TPSA) is 25.2 Å². The Labute approximate surface area is 123 Å². The summed E-state index contributed by atoms with van der Waals surface area (Å²) in [6.45, 7) is 2.94. The predicted octanol–water partition coefficient (Wildman–Crippen LogP) is 4.79. The SMILES string of the molecule is CCNC(c1cccc(Cl)c1)c1cc2ccccc2o1. The predicted molar refractivity (Wildman–Crippen MR) is 83.2 cm³/mol. The molecule has 1 N–H and O–H groups in total. The van der Waals surface area contributed by atoms with Crippen LogP contribution in [0.2, 0.25) is 5.02 Å². The van der Waals surface area contributed by atoms with E-state index in [2.05, 4.69) is 30.4 Å². The monoisotopic (exact) mass is 285 g/mol. The van der Waals surface area contributed by atoms with E-state index in [-0.39, 0.29) is 6.04 Å². The molecule has 20 heavy (non-hydrogen) atoms. The van der Waals surface area contributed by atoms with Gasteiger partial charge in [0, 0.05) is 10.4 Å². The van der Waals surface area contributed by atoms with Gasteiger partial charge in [0.1, 0.15) is 11.3 Å². The van der Waals surface area contributed by atoms with E-state index in [0.717, 1.165) is 33.9 Å². The van der Waals surface area contributed by atoms with Crippen LogP contribution in [0.1, 0.15) is 24.3 Å². The van der Waals surface area contributed by atoms with Crippen molar-refractivity contribution in [1.82, 2.24) is 5.32 Å². The maximum atomic E-state index is 6.10. The van der Waals surface area contributed by atoms with Crippen molar-refractivity contribution in [1.29, 1.82) is 0 Å². The Kier molecular flexibility index (Phi) is 3.77. The van der Waals surface area contributed by atoms with Gasteiger partial charge in [-0.2, -0.15) is 0 Å². The van der Waals surface area contributed by atoms with E-state index in [0.29, 0.717) is 0 Å². The lowest BCUT2D eigenvalue weighted by Crippen LogP contribution is -2.21. The van der Waals surface area contributed by atoms with Crippen LogP contribution < -0.4 is 5.32 Å². The number of halogens is 1. The molecule has 0 fully saturated rings. The first kappa shape index (κ1) is 13.2. The second-order valence-corrected chi connectivity index (χ2v) is 5.17. The fraction of sp³-hybridized carbons (Fsp3) is 0.176. The molecule has 0 aliphatic rings. The lowest BCUT2D eigenvalue weighted by Gasteiger charge is -2.16. The largest absolute Gasteiger partial charge is 0.459 e. The molecule has 0 bridgehead atoms. The zero-order valence-corrected chi connectivity index (χ0v) is 12.0. The molecule has 3 heteroatoms. The number of furan rings is 1. The number of hydrogen-bond donors (Lipinski definition) is 1. The number of hydrogen-bond acceptors (Lipinski definition) is 2. The maximum Gasteiger partial charge on any atom is 0.134 e. The Hall–Kier alpha value is -1.77. The molecule has 2 aromatic carbocycles. The molecular formula is C17H16ClNO. The van der Waals surface area contributed by atoms with E-state index in [1.807, 2.05) is 36.4 Å². The van der Waals surface area contributed by atoms with Crippen LogP contribution in [-0.4, -0.2) is 6.54 Å². The van der Waals surface area contributed by atoms with Crippen LogP contribution in [0.4, 0.5) is 0 Å². The fourth-order valence-electron chi connectivity index (χ4n) is 2.42. The van der Waals surface area contributed by atoms with Crippen molar-refractivity contribution in [3.63, 3.8) is 0 Å². The normalized spacial score (nSPS) is 12.7. The van der Waals surface area contributed by atoms with Gasteiger partial charge in [0.2, 0.25) is 0 Å². The summed E-state index contributed by atoms with van der Waals surface area (Å²) >= 11 is 6.10. The second-order valence-electron chi connectivity index (χ2n) is 4.73. The van der Waals surface area contributed by atoms with Crippen molar-refractivity contribution in [2.24, 2.45) is 0 Å². The van der Waals surface area contributed by atoms with E-state index < -0.39 is 0 Å². The van der Waals surface area contributed by atoms with Crippen molar-refractivity contribution in [2.75, 3.05) is 6.54 Å². The molecule has 0 aliphatic heterocycles. The third-order valence-corrected chi connectivity index (χ3v) is 3.55. The van der Waals surface area contributed by atoms with Crippen LogP contribution in [0, 0.1) is 0 Å². The zero-order valence-electron chi connectivity index (χ0n) is 11.3. The molecule has 0 spiro atoms. The van der Waals surface area contributed by atoms with Crippen LogP contribution in [0.25, 0.3) is 11.0 Å². The number of fused-ring (bicyclic) bond motifs is 1. The van der Waals surface area contributed by atoms with Crippen LogP contribution in [0.5, 0.6) is 0 Å². The van der Waals surface area contributed by atoms with Gasteiger partial charge < -0.3 is 9.73 Å². The third-order valence-electron chi connectivity index (χ3n) is 3.32. The van der Waals surface area contributed by atoms with Crippen molar-refractivity contribution in [2.45, 2.75) is 13.0 Å². The van der Waals surface area contributed by atoms with Gasteiger partial charge in [-0.15, -0.1) is 0 Å². The van der Waals surface area contributed by atoms with Gasteiger partial charge in [-0.05, 0) is 36.4 Å². The summed E-state index contributed by atoms with van der Waals surface area (Å²) in [5.41, 5.74) is 2.02. The molecule has 3 rings (SSSR count). The van der Waals surface area contributed by atoms with E-state index in [9.17, 15) is 0 Å². The lowest BCUT2D eigenvalue weighted by molar-refractivity contribution is 0.477. The Morgan fingerprint density at radius 3 is 2.70 bits per heavy atom. The number of para-hydroxylation sites is 1. The Morgan fingerprint density at radius 1 is 1.10 bits per heavy atom. The van der Waals surface area contributed by atoms with Crippen LogP contribution in [0.3, 0.4) is 0 Å². The fourth-order valence-corrected chi connectivity index (χ4v) is 2.62. The minimum atomic E-state index is 0.0195. The summed E-state index contributed by atoms with van der Waals surface area (Å²) in [5, 5.41) is 5.31. The minimum Gasteiger partial charge on any atom is -0.459 e. The average Bonchev–Trinajstić information content (AvgIpc) is 2.88. The molecule has 0 radical (unpaired) electrons. The molecular weight excluding hydrogens is 270 g/mol. The second kappa shape index (κ2) is 5.70. The van der Waals surface area contributed by atoms with E-state index in [1.165, 1.54) is 0 Å². The van der Waals surface area contributed by atoms with Gasteiger partial charge >= 0.3 is 0 Å². The summed E-state index contributed by atoms with van der Waals surface area (Å²) in [6, 6.07) is 18.0. The molecule has 0 saturated carbocycles. The van der Waals surface area contributed by atoms with Crippen LogP contribution in [-0.2, 0) is 0 Å². The Morgan fingerprint density at radius 2 is 1.95 bits per heavy atom. The van der Waals surface area contributed by atoms with Crippen molar-refractivity contribution in [3.05, 3.63) is 70.9 Å². The average molecular weight is 286 g/mol. The van der Waals surface area contributed by atoms with Crippen LogP contribution >= 0.6 is 11.6 Å². The van der Waals surface area contributed by atoms with Gasteiger partial charge in [-0.25, -0.2) is 0 Å². The standard InChI is InChI=1S/C17H16ClNO/c1-2-19-17(13-7-5-8-14(18)10-13)16-11-12-6-3-4-9-15(12)20-16/h3-11,17,19H,2H2,1H3. The van der Waals surface area contributed by atoms with E-state index >= 15 is 0 Å². The number of benzene rings is 2. The number of nitrogens with one attached hydrogen (secondary N) is 1. The molecule has 1 unspecified atom stereocenters. The molecule has 1 aromatic heterocycles. The highest BCUT2D eigenvalue weighted by atomic mass is 35.5. The molecule has 1 atom stereocenters. The quantitative estimate of drug-likeness (QED) is 0.746. The molecule has 3 aromatic rings. The lowest BCUT2D eigenvalue weighted by atomic mass is 10.0. The molecule has 2 nitrogen and oxygen atoms in total. The summed E-state index contributed by atoms with van der Waals surface area (Å²) < 4.78 is 5.97. The van der Waals surface area contributed by atoms with Crippen molar-refractivity contribution >= 4 is 22.6 Å². The van der Waals surface area contributed by atoms with Crippen molar-refractivity contribution in [3.8, 4) is 0 Å². The van der Waals surface area contributed by atoms with E-state index in [4.69, 9.17) is 16.0 Å². The molecule has 0 saturated heterocycles. The van der Waals surface area contributed by atoms with Gasteiger partial charge in [-0.1, -0.05) is 48.9 Å². The third kappa shape index (κ3) is 2.58.